The normalized spacial score (nSPS) is 33.2. The standard InChI is InChI=1S/C10H14BrNOS/c11-8-3-5-14-9(8)10(13)4-1-2-7(12)6-10/h3,5,7,13H,1-2,4,6,12H2. The maximum atomic E-state index is 10.5. The second kappa shape index (κ2) is 3.93. The molecule has 78 valence electrons. The SMILES string of the molecule is NC1CCCC(O)(c2sccc2Br)C1. The van der Waals surface area contributed by atoms with E-state index in [2.05, 4.69) is 15.9 Å². The van der Waals surface area contributed by atoms with Gasteiger partial charge in [-0.15, -0.1) is 11.3 Å². The van der Waals surface area contributed by atoms with Gasteiger partial charge >= 0.3 is 0 Å². The van der Waals surface area contributed by atoms with E-state index in [1.807, 2.05) is 11.4 Å². The van der Waals surface area contributed by atoms with Crippen molar-refractivity contribution in [3.8, 4) is 0 Å². The van der Waals surface area contributed by atoms with Gasteiger partial charge in [0.25, 0.3) is 0 Å². The molecule has 1 fully saturated rings. The molecular weight excluding hydrogens is 262 g/mol. The van der Waals surface area contributed by atoms with E-state index in [9.17, 15) is 5.11 Å². The summed E-state index contributed by atoms with van der Waals surface area (Å²) in [6.45, 7) is 0. The van der Waals surface area contributed by atoms with E-state index in [-0.39, 0.29) is 6.04 Å². The van der Waals surface area contributed by atoms with Crippen LogP contribution < -0.4 is 5.73 Å². The highest BCUT2D eigenvalue weighted by Gasteiger charge is 2.36. The molecule has 4 heteroatoms. The summed E-state index contributed by atoms with van der Waals surface area (Å²) in [4.78, 5) is 1.03. The van der Waals surface area contributed by atoms with E-state index in [1.165, 1.54) is 0 Å². The van der Waals surface area contributed by atoms with Gasteiger partial charge in [-0.25, -0.2) is 0 Å². The van der Waals surface area contributed by atoms with Crippen LogP contribution in [0.1, 0.15) is 30.6 Å². The minimum Gasteiger partial charge on any atom is -0.384 e. The number of halogens is 1. The number of nitrogens with two attached hydrogens (primary N) is 1. The summed E-state index contributed by atoms with van der Waals surface area (Å²) in [5.74, 6) is 0. The lowest BCUT2D eigenvalue weighted by Crippen LogP contribution is -2.38. The van der Waals surface area contributed by atoms with Crippen molar-refractivity contribution in [3.05, 3.63) is 20.8 Å². The first-order chi connectivity index (χ1) is 6.62. The fourth-order valence-corrected chi connectivity index (χ4v) is 4.01. The van der Waals surface area contributed by atoms with Crippen LogP contribution in [0, 0.1) is 0 Å². The Labute approximate surface area is 96.3 Å². The molecule has 2 atom stereocenters. The second-order valence-electron chi connectivity index (χ2n) is 3.99. The first-order valence-corrected chi connectivity index (χ1v) is 6.50. The lowest BCUT2D eigenvalue weighted by Gasteiger charge is -2.35. The van der Waals surface area contributed by atoms with E-state index in [0.717, 1.165) is 28.6 Å². The molecule has 0 radical (unpaired) electrons. The van der Waals surface area contributed by atoms with Crippen LogP contribution in [0.3, 0.4) is 0 Å². The maximum absolute atomic E-state index is 10.5. The Balaban J connectivity index is 2.27. The highest BCUT2D eigenvalue weighted by molar-refractivity contribution is 9.10. The molecule has 0 aliphatic heterocycles. The predicted molar refractivity (Wildman–Crippen MR) is 62.4 cm³/mol. The molecule has 3 N–H and O–H groups in total. The van der Waals surface area contributed by atoms with Crippen molar-refractivity contribution in [2.75, 3.05) is 0 Å². The van der Waals surface area contributed by atoms with Crippen LogP contribution in [-0.2, 0) is 5.60 Å². The van der Waals surface area contributed by atoms with Crippen molar-refractivity contribution in [1.29, 1.82) is 0 Å². The van der Waals surface area contributed by atoms with Gasteiger partial charge in [0, 0.05) is 10.5 Å². The molecule has 1 aromatic heterocycles. The molecule has 0 bridgehead atoms. The Morgan fingerprint density at radius 3 is 3.00 bits per heavy atom. The Bertz CT molecular complexity index is 328. The lowest BCUT2D eigenvalue weighted by molar-refractivity contribution is -0.00437. The summed E-state index contributed by atoms with van der Waals surface area (Å²) >= 11 is 5.07. The van der Waals surface area contributed by atoms with Crippen LogP contribution in [0.4, 0.5) is 0 Å². The van der Waals surface area contributed by atoms with E-state index >= 15 is 0 Å². The second-order valence-corrected chi connectivity index (χ2v) is 5.76. The van der Waals surface area contributed by atoms with Crippen LogP contribution in [0.2, 0.25) is 0 Å². The molecule has 14 heavy (non-hydrogen) atoms. The predicted octanol–water partition coefficient (Wildman–Crippen LogP) is 2.60. The van der Waals surface area contributed by atoms with Crippen LogP contribution >= 0.6 is 27.3 Å². The maximum Gasteiger partial charge on any atom is 0.101 e. The summed E-state index contributed by atoms with van der Waals surface area (Å²) < 4.78 is 1.01. The summed E-state index contributed by atoms with van der Waals surface area (Å²) in [6.07, 6.45) is 3.57. The monoisotopic (exact) mass is 275 g/mol. The van der Waals surface area contributed by atoms with Gasteiger partial charge in [0.1, 0.15) is 5.60 Å². The zero-order valence-electron chi connectivity index (χ0n) is 7.87. The van der Waals surface area contributed by atoms with Gasteiger partial charge in [-0.3, -0.25) is 0 Å². The molecule has 1 aromatic rings. The quantitative estimate of drug-likeness (QED) is 0.828. The molecular formula is C10H14BrNOS. The minimum absolute atomic E-state index is 0.141. The summed E-state index contributed by atoms with van der Waals surface area (Å²) in [6, 6.07) is 2.13. The van der Waals surface area contributed by atoms with Crippen molar-refractivity contribution >= 4 is 27.3 Å². The lowest BCUT2D eigenvalue weighted by atomic mass is 9.81. The average Bonchev–Trinajstić information content (AvgIpc) is 2.51. The van der Waals surface area contributed by atoms with Crippen molar-refractivity contribution in [1.82, 2.24) is 0 Å². The first kappa shape index (κ1) is 10.6. The molecule has 1 heterocycles. The molecule has 0 saturated heterocycles. The number of thiophene rings is 1. The van der Waals surface area contributed by atoms with Crippen molar-refractivity contribution in [2.24, 2.45) is 5.73 Å². The summed E-state index contributed by atoms with van der Waals surface area (Å²) in [5.41, 5.74) is 5.21. The zero-order chi connectivity index (χ0) is 10.2. The number of hydrogen-bond acceptors (Lipinski definition) is 3. The van der Waals surface area contributed by atoms with Gasteiger partial charge in [-0.2, -0.15) is 0 Å². The van der Waals surface area contributed by atoms with Crippen LogP contribution in [0.5, 0.6) is 0 Å². The Hall–Kier alpha value is 0.100. The Kier molecular flexibility index (Phi) is 2.98. The van der Waals surface area contributed by atoms with Gasteiger partial charge < -0.3 is 10.8 Å². The van der Waals surface area contributed by atoms with Gasteiger partial charge in [-0.05, 0) is 53.1 Å². The molecule has 1 saturated carbocycles. The van der Waals surface area contributed by atoms with E-state index in [1.54, 1.807) is 11.3 Å². The Morgan fingerprint density at radius 2 is 2.43 bits per heavy atom. The molecule has 2 unspecified atom stereocenters. The third kappa shape index (κ3) is 1.89. The molecule has 1 aliphatic rings. The number of rotatable bonds is 1. The fraction of sp³-hybridized carbons (Fsp3) is 0.600. The Morgan fingerprint density at radius 1 is 1.64 bits per heavy atom. The number of hydrogen-bond donors (Lipinski definition) is 2. The minimum atomic E-state index is -0.690. The van der Waals surface area contributed by atoms with E-state index < -0.39 is 5.60 Å². The highest BCUT2D eigenvalue weighted by atomic mass is 79.9. The van der Waals surface area contributed by atoms with Gasteiger partial charge in [0.05, 0.1) is 4.88 Å². The van der Waals surface area contributed by atoms with Gasteiger partial charge in [-0.1, -0.05) is 0 Å². The van der Waals surface area contributed by atoms with Crippen LogP contribution in [0.15, 0.2) is 15.9 Å². The topological polar surface area (TPSA) is 46.2 Å². The van der Waals surface area contributed by atoms with Crippen molar-refractivity contribution < 1.29 is 5.11 Å². The van der Waals surface area contributed by atoms with E-state index in [0.29, 0.717) is 6.42 Å². The number of aliphatic hydroxyl groups is 1. The average molecular weight is 276 g/mol. The van der Waals surface area contributed by atoms with Gasteiger partial charge in [0.2, 0.25) is 0 Å². The molecule has 2 nitrogen and oxygen atoms in total. The van der Waals surface area contributed by atoms with E-state index in [4.69, 9.17) is 5.73 Å². The molecule has 0 spiro atoms. The molecule has 2 rings (SSSR count). The fourth-order valence-electron chi connectivity index (χ4n) is 2.13. The van der Waals surface area contributed by atoms with Crippen molar-refractivity contribution in [2.45, 2.75) is 37.3 Å². The third-order valence-electron chi connectivity index (χ3n) is 2.80. The molecule has 1 aliphatic carbocycles. The smallest absolute Gasteiger partial charge is 0.101 e. The molecule has 0 amide bonds. The highest BCUT2D eigenvalue weighted by Crippen LogP contribution is 2.42. The summed E-state index contributed by atoms with van der Waals surface area (Å²) in [7, 11) is 0. The van der Waals surface area contributed by atoms with Gasteiger partial charge in [0.15, 0.2) is 0 Å². The first-order valence-electron chi connectivity index (χ1n) is 4.83. The largest absolute Gasteiger partial charge is 0.384 e. The third-order valence-corrected chi connectivity index (χ3v) is 4.84. The van der Waals surface area contributed by atoms with Crippen LogP contribution in [-0.4, -0.2) is 11.1 Å². The summed E-state index contributed by atoms with van der Waals surface area (Å²) in [5, 5.41) is 12.5. The van der Waals surface area contributed by atoms with Crippen molar-refractivity contribution in [3.63, 3.8) is 0 Å². The molecule has 0 aromatic carbocycles. The van der Waals surface area contributed by atoms with Crippen LogP contribution in [0.25, 0.3) is 0 Å². The zero-order valence-corrected chi connectivity index (χ0v) is 10.3.